The van der Waals surface area contributed by atoms with Crippen molar-refractivity contribution in [3.05, 3.63) is 11.9 Å². The first-order chi connectivity index (χ1) is 13.8. The predicted molar refractivity (Wildman–Crippen MR) is 113 cm³/mol. The predicted octanol–water partition coefficient (Wildman–Crippen LogP) is 3.51. The molecule has 8 nitrogen and oxygen atoms in total. The van der Waals surface area contributed by atoms with Gasteiger partial charge in [-0.1, -0.05) is 5.21 Å². The molecule has 1 aromatic heterocycles. The summed E-state index contributed by atoms with van der Waals surface area (Å²) >= 11 is 0. The van der Waals surface area contributed by atoms with Crippen LogP contribution in [0.1, 0.15) is 85.9 Å². The molecule has 1 amide bonds. The van der Waals surface area contributed by atoms with Crippen molar-refractivity contribution in [1.29, 1.82) is 0 Å². The number of rotatable bonds is 3. The lowest BCUT2D eigenvalue weighted by atomic mass is 9.66. The maximum Gasteiger partial charge on any atom is 0.470 e. The first kappa shape index (κ1) is 21.6. The SMILES string of the molecule is CC(C)(C)OC(=O)N1CCC(n2cc(C3(B4OC(C)(C)C(C)(C)O4)CC3)nn2)CC1. The lowest BCUT2D eigenvalue weighted by molar-refractivity contribution is 0.00578. The minimum atomic E-state index is -0.471. The second-order valence-corrected chi connectivity index (χ2v) is 11.0. The number of carbonyl (C=O) groups excluding carboxylic acids is 1. The largest absolute Gasteiger partial charge is 0.470 e. The summed E-state index contributed by atoms with van der Waals surface area (Å²) in [6.45, 7) is 15.3. The van der Waals surface area contributed by atoms with Crippen molar-refractivity contribution < 1.29 is 18.8 Å². The van der Waals surface area contributed by atoms with Gasteiger partial charge in [0.05, 0.1) is 28.3 Å². The van der Waals surface area contributed by atoms with E-state index in [2.05, 4.69) is 44.2 Å². The number of carbonyl (C=O) groups is 1. The molecule has 0 spiro atoms. The number of hydrogen-bond donors (Lipinski definition) is 0. The van der Waals surface area contributed by atoms with E-state index in [9.17, 15) is 4.79 Å². The van der Waals surface area contributed by atoms with Crippen molar-refractivity contribution in [3.8, 4) is 0 Å². The molecular weight excluding hydrogens is 383 g/mol. The molecule has 1 aliphatic carbocycles. The van der Waals surface area contributed by atoms with Crippen molar-refractivity contribution in [2.24, 2.45) is 0 Å². The molecule has 0 unspecified atom stereocenters. The molecule has 3 fully saturated rings. The quantitative estimate of drug-likeness (QED) is 0.699. The van der Waals surface area contributed by atoms with E-state index in [4.69, 9.17) is 14.0 Å². The Balaban J connectivity index is 1.39. The summed E-state index contributed by atoms with van der Waals surface area (Å²) in [6.07, 6.45) is 5.50. The fourth-order valence-corrected chi connectivity index (χ4v) is 4.14. The van der Waals surface area contributed by atoms with Gasteiger partial charge >= 0.3 is 13.2 Å². The average Bonchev–Trinajstić information content (AvgIpc) is 3.22. The van der Waals surface area contributed by atoms with Gasteiger partial charge in [0.25, 0.3) is 0 Å². The van der Waals surface area contributed by atoms with E-state index in [0.29, 0.717) is 13.1 Å². The van der Waals surface area contributed by atoms with E-state index >= 15 is 0 Å². The Kier molecular flexibility index (Phi) is 5.01. The number of nitrogens with zero attached hydrogens (tertiary/aromatic N) is 4. The Labute approximate surface area is 179 Å². The van der Waals surface area contributed by atoms with Crippen molar-refractivity contribution in [2.75, 3.05) is 13.1 Å². The number of ether oxygens (including phenoxy) is 1. The van der Waals surface area contributed by atoms with Gasteiger partial charge in [-0.25, -0.2) is 9.48 Å². The molecule has 0 bridgehead atoms. The highest BCUT2D eigenvalue weighted by Gasteiger charge is 2.66. The van der Waals surface area contributed by atoms with Crippen LogP contribution in [0.15, 0.2) is 6.20 Å². The topological polar surface area (TPSA) is 78.7 Å². The van der Waals surface area contributed by atoms with Gasteiger partial charge in [-0.2, -0.15) is 0 Å². The monoisotopic (exact) mass is 418 g/mol. The van der Waals surface area contributed by atoms with E-state index in [1.807, 2.05) is 25.5 Å². The maximum absolute atomic E-state index is 12.3. The van der Waals surface area contributed by atoms with Crippen molar-refractivity contribution in [2.45, 2.75) is 102 Å². The minimum absolute atomic E-state index is 0.194. The van der Waals surface area contributed by atoms with E-state index in [1.165, 1.54) is 0 Å². The third kappa shape index (κ3) is 3.86. The van der Waals surface area contributed by atoms with Crippen LogP contribution in [0.25, 0.3) is 0 Å². The molecule has 1 aromatic rings. The van der Waals surface area contributed by atoms with Gasteiger partial charge in [-0.3, -0.25) is 0 Å². The van der Waals surface area contributed by atoms with E-state index in [1.54, 1.807) is 4.90 Å². The third-order valence-electron chi connectivity index (χ3n) is 7.00. The van der Waals surface area contributed by atoms with Crippen LogP contribution in [-0.2, 0) is 19.4 Å². The summed E-state index contributed by atoms with van der Waals surface area (Å²) in [5.74, 6) is 0. The van der Waals surface area contributed by atoms with Crippen LogP contribution in [-0.4, -0.2) is 63.0 Å². The highest BCUT2D eigenvalue weighted by Crippen LogP contribution is 2.55. The van der Waals surface area contributed by atoms with Crippen LogP contribution in [0.3, 0.4) is 0 Å². The zero-order valence-electron chi connectivity index (χ0n) is 19.4. The fraction of sp³-hybridized carbons (Fsp3) is 0.857. The van der Waals surface area contributed by atoms with Crippen LogP contribution in [0.5, 0.6) is 0 Å². The van der Waals surface area contributed by atoms with Gasteiger partial charge in [-0.15, -0.1) is 5.10 Å². The summed E-state index contributed by atoms with van der Waals surface area (Å²) in [4.78, 5) is 14.1. The van der Waals surface area contributed by atoms with Gasteiger partial charge in [-0.05, 0) is 74.1 Å². The van der Waals surface area contributed by atoms with Gasteiger partial charge in [0.15, 0.2) is 0 Å². The zero-order chi connectivity index (χ0) is 21.9. The molecule has 4 rings (SSSR count). The summed E-state index contributed by atoms with van der Waals surface area (Å²) in [5, 5.41) is 8.76. The summed E-state index contributed by atoms with van der Waals surface area (Å²) in [7, 11) is -0.290. The second-order valence-electron chi connectivity index (χ2n) is 11.0. The molecule has 0 radical (unpaired) electrons. The lowest BCUT2D eigenvalue weighted by Crippen LogP contribution is -2.42. The number of likely N-dealkylation sites (tertiary alicyclic amines) is 1. The van der Waals surface area contributed by atoms with Crippen LogP contribution >= 0.6 is 0 Å². The van der Waals surface area contributed by atoms with Crippen molar-refractivity contribution in [3.63, 3.8) is 0 Å². The molecule has 30 heavy (non-hydrogen) atoms. The van der Waals surface area contributed by atoms with E-state index in [0.717, 1.165) is 31.4 Å². The smallest absolute Gasteiger partial charge is 0.444 e. The highest BCUT2D eigenvalue weighted by atomic mass is 16.7. The number of amides is 1. The number of hydrogen-bond acceptors (Lipinski definition) is 6. The van der Waals surface area contributed by atoms with Gasteiger partial charge in [0.2, 0.25) is 0 Å². The Hall–Kier alpha value is -1.61. The molecule has 2 saturated heterocycles. The van der Waals surface area contributed by atoms with Crippen LogP contribution in [0, 0.1) is 0 Å². The van der Waals surface area contributed by atoms with Crippen LogP contribution in [0.4, 0.5) is 4.79 Å². The standard InChI is InChI=1S/C21H35BN4O4/c1-18(2,3)28-17(27)25-12-8-15(9-13-25)26-14-16(23-24-26)21(10-11-21)22-29-19(4,5)20(6,7)30-22/h14-15H,8-13H2,1-7H3. The second kappa shape index (κ2) is 6.95. The summed E-state index contributed by atoms with van der Waals surface area (Å²) in [6, 6.07) is 0.235. The Morgan fingerprint density at radius 2 is 1.70 bits per heavy atom. The molecule has 0 atom stereocenters. The van der Waals surface area contributed by atoms with Crippen LogP contribution in [0.2, 0.25) is 0 Å². The van der Waals surface area contributed by atoms with Gasteiger partial charge in [0, 0.05) is 19.3 Å². The first-order valence-corrected chi connectivity index (χ1v) is 11.1. The number of aromatic nitrogens is 3. The molecule has 1 saturated carbocycles. The van der Waals surface area contributed by atoms with Crippen LogP contribution < -0.4 is 0 Å². The summed E-state index contributed by atoms with van der Waals surface area (Å²) < 4.78 is 20.1. The molecule has 2 aliphatic heterocycles. The van der Waals surface area contributed by atoms with E-state index < -0.39 is 5.60 Å². The highest BCUT2D eigenvalue weighted by molar-refractivity contribution is 6.51. The summed E-state index contributed by atoms with van der Waals surface area (Å²) in [5.41, 5.74) is -0.216. The lowest BCUT2D eigenvalue weighted by Gasteiger charge is -2.33. The minimum Gasteiger partial charge on any atom is -0.444 e. The number of piperidine rings is 1. The molecule has 166 valence electrons. The normalized spacial score (nSPS) is 25.4. The molecule has 0 N–H and O–H groups in total. The Morgan fingerprint density at radius 1 is 1.13 bits per heavy atom. The van der Waals surface area contributed by atoms with Gasteiger partial charge < -0.3 is 18.9 Å². The first-order valence-electron chi connectivity index (χ1n) is 11.1. The Bertz CT molecular complexity index is 788. The molecule has 0 aromatic carbocycles. The van der Waals surface area contributed by atoms with Crippen molar-refractivity contribution in [1.82, 2.24) is 19.9 Å². The maximum atomic E-state index is 12.3. The average molecular weight is 418 g/mol. The van der Waals surface area contributed by atoms with Crippen molar-refractivity contribution >= 4 is 13.2 Å². The molecule has 3 heterocycles. The fourth-order valence-electron chi connectivity index (χ4n) is 4.14. The molecular formula is C21H35BN4O4. The van der Waals surface area contributed by atoms with Gasteiger partial charge in [0.1, 0.15) is 5.60 Å². The Morgan fingerprint density at radius 3 is 2.20 bits per heavy atom. The molecule has 9 heteroatoms. The molecule has 3 aliphatic rings. The third-order valence-corrected chi connectivity index (χ3v) is 7.00. The van der Waals surface area contributed by atoms with E-state index in [-0.39, 0.29) is 35.8 Å². The zero-order valence-corrected chi connectivity index (χ0v) is 19.4.